The Balaban J connectivity index is 1.10. The van der Waals surface area contributed by atoms with Crippen LogP contribution in [-0.2, 0) is 6.61 Å². The van der Waals surface area contributed by atoms with Crippen molar-refractivity contribution in [2.24, 2.45) is 5.92 Å². The summed E-state index contributed by atoms with van der Waals surface area (Å²) in [5.41, 5.74) is 3.79. The third-order valence-corrected chi connectivity index (χ3v) is 6.26. The molecule has 0 amide bonds. The van der Waals surface area contributed by atoms with Crippen molar-refractivity contribution in [3.05, 3.63) is 48.4 Å². The molecular weight excluding hydrogens is 383 g/mol. The molecule has 1 aliphatic carbocycles. The number of alkyl halides is 1. The van der Waals surface area contributed by atoms with Gasteiger partial charge in [-0.3, -0.25) is 0 Å². The van der Waals surface area contributed by atoms with E-state index in [0.717, 1.165) is 60.8 Å². The maximum atomic E-state index is 12.9. The second-order valence-electron chi connectivity index (χ2n) is 8.41. The molecule has 0 radical (unpaired) electrons. The Hall–Kier alpha value is -3.00. The van der Waals surface area contributed by atoms with Crippen LogP contribution >= 0.6 is 0 Å². The molecule has 1 saturated heterocycles. The number of anilines is 1. The minimum absolute atomic E-state index is 0.469. The van der Waals surface area contributed by atoms with Gasteiger partial charge >= 0.3 is 0 Å². The largest absolute Gasteiger partial charge is 0.472 e. The minimum Gasteiger partial charge on any atom is -0.472 e. The zero-order valence-corrected chi connectivity index (χ0v) is 16.5. The van der Waals surface area contributed by atoms with Gasteiger partial charge < -0.3 is 15.0 Å². The van der Waals surface area contributed by atoms with Crippen LogP contribution in [0.15, 0.2) is 42.9 Å². The molecule has 3 aromatic heterocycles. The number of fused-ring (bicyclic) bond motifs is 3. The summed E-state index contributed by atoms with van der Waals surface area (Å²) in [7, 11) is 0. The number of pyridine rings is 2. The lowest BCUT2D eigenvalue weighted by molar-refractivity contribution is 0.125. The second-order valence-corrected chi connectivity index (χ2v) is 8.41. The van der Waals surface area contributed by atoms with Crippen molar-refractivity contribution < 1.29 is 9.13 Å². The van der Waals surface area contributed by atoms with Gasteiger partial charge in [-0.2, -0.15) is 5.10 Å². The van der Waals surface area contributed by atoms with Gasteiger partial charge in [0.05, 0.1) is 17.4 Å². The summed E-state index contributed by atoms with van der Waals surface area (Å²) in [6, 6.07) is 8.43. The molecule has 2 fully saturated rings. The van der Waals surface area contributed by atoms with Crippen LogP contribution in [0.25, 0.3) is 16.9 Å². The Morgan fingerprint density at radius 1 is 1.17 bits per heavy atom. The molecule has 1 N–H and O–H groups in total. The third kappa shape index (κ3) is 3.11. The van der Waals surface area contributed by atoms with E-state index in [0.29, 0.717) is 24.4 Å². The van der Waals surface area contributed by atoms with Crippen LogP contribution in [0, 0.1) is 5.92 Å². The van der Waals surface area contributed by atoms with E-state index in [4.69, 9.17) is 9.84 Å². The van der Waals surface area contributed by atoms with Gasteiger partial charge in [-0.15, -0.1) is 0 Å². The number of ether oxygens (including phenoxy) is 1. The summed E-state index contributed by atoms with van der Waals surface area (Å²) in [6.07, 6.45) is 6.45. The molecule has 0 spiro atoms. The van der Waals surface area contributed by atoms with Gasteiger partial charge in [0, 0.05) is 37.1 Å². The molecule has 2 aliphatic heterocycles. The number of hydrogen-bond donors (Lipinski definition) is 1. The van der Waals surface area contributed by atoms with Crippen molar-refractivity contribution in [3.8, 4) is 22.8 Å². The number of nitrogens with zero attached hydrogens (tertiary/aromatic N) is 5. The lowest BCUT2D eigenvalue weighted by atomic mass is 9.83. The summed E-state index contributed by atoms with van der Waals surface area (Å²) in [6.45, 7) is 3.28. The molecular formula is C22H23FN6O. The first-order chi connectivity index (χ1) is 14.7. The van der Waals surface area contributed by atoms with Crippen molar-refractivity contribution in [1.29, 1.82) is 0 Å². The molecule has 7 nitrogen and oxygen atoms in total. The molecule has 30 heavy (non-hydrogen) atoms. The first-order valence-electron chi connectivity index (χ1n) is 10.5. The van der Waals surface area contributed by atoms with Crippen LogP contribution in [0.3, 0.4) is 0 Å². The van der Waals surface area contributed by atoms with E-state index >= 15 is 0 Å². The fraction of sp³-hybridized carbons (Fsp3) is 0.409. The predicted molar refractivity (Wildman–Crippen MR) is 111 cm³/mol. The Bertz CT molecular complexity index is 1060. The van der Waals surface area contributed by atoms with Gasteiger partial charge in [0.1, 0.15) is 24.3 Å². The maximum Gasteiger partial charge on any atom is 0.223 e. The number of halogens is 1. The standard InChI is InChI=1S/C22H23FN6O/c23-16-6-14(7-16)8-25-17-11-28(12-17)20-4-3-18(9-26-20)29-10-15-13-30-22-19(21(15)27-29)2-1-5-24-22/h1-5,9-10,14,16-17,25H,6-8,11-13H2. The van der Waals surface area contributed by atoms with Crippen molar-refractivity contribution >= 4 is 5.82 Å². The highest BCUT2D eigenvalue weighted by atomic mass is 19.1. The minimum atomic E-state index is -0.573. The Kier molecular flexibility index (Phi) is 4.19. The summed E-state index contributed by atoms with van der Waals surface area (Å²) in [5, 5.41) is 8.30. The monoisotopic (exact) mass is 406 g/mol. The first-order valence-corrected chi connectivity index (χ1v) is 10.5. The molecule has 3 aromatic rings. The molecule has 6 rings (SSSR count). The molecule has 1 saturated carbocycles. The third-order valence-electron chi connectivity index (χ3n) is 6.26. The molecule has 3 aliphatic rings. The topological polar surface area (TPSA) is 68.1 Å². The predicted octanol–water partition coefficient (Wildman–Crippen LogP) is 2.75. The van der Waals surface area contributed by atoms with Crippen LogP contribution in [0.1, 0.15) is 18.4 Å². The molecule has 0 aromatic carbocycles. The van der Waals surface area contributed by atoms with Gasteiger partial charge in [-0.1, -0.05) is 0 Å². The van der Waals surface area contributed by atoms with Crippen molar-refractivity contribution in [1.82, 2.24) is 25.1 Å². The molecule has 0 bridgehead atoms. The van der Waals surface area contributed by atoms with Crippen LogP contribution in [0.5, 0.6) is 5.88 Å². The Labute approximate surface area is 173 Å². The van der Waals surface area contributed by atoms with Gasteiger partial charge in [0.2, 0.25) is 5.88 Å². The average molecular weight is 406 g/mol. The normalized spacial score (nSPS) is 22.5. The van der Waals surface area contributed by atoms with E-state index in [2.05, 4.69) is 20.2 Å². The number of rotatable bonds is 5. The Morgan fingerprint density at radius 3 is 2.87 bits per heavy atom. The molecule has 8 heteroatoms. The molecule has 0 atom stereocenters. The molecule has 5 heterocycles. The fourth-order valence-corrected chi connectivity index (χ4v) is 4.36. The zero-order valence-electron chi connectivity index (χ0n) is 16.5. The van der Waals surface area contributed by atoms with E-state index in [1.54, 1.807) is 6.20 Å². The van der Waals surface area contributed by atoms with E-state index in [-0.39, 0.29) is 0 Å². The number of aromatic nitrogens is 4. The summed E-state index contributed by atoms with van der Waals surface area (Å²) in [4.78, 5) is 11.2. The SMILES string of the molecule is FC1CC(CNC2CN(c3ccc(-n4cc5c(n4)-c4cccnc4OC5)cn3)C2)C1. The highest BCUT2D eigenvalue weighted by Crippen LogP contribution is 2.35. The highest BCUT2D eigenvalue weighted by molar-refractivity contribution is 5.69. The smallest absolute Gasteiger partial charge is 0.223 e. The van der Waals surface area contributed by atoms with Crippen molar-refractivity contribution in [3.63, 3.8) is 0 Å². The van der Waals surface area contributed by atoms with Crippen molar-refractivity contribution in [2.75, 3.05) is 24.5 Å². The highest BCUT2D eigenvalue weighted by Gasteiger charge is 2.32. The van der Waals surface area contributed by atoms with Gasteiger partial charge in [0.15, 0.2) is 0 Å². The molecule has 0 unspecified atom stereocenters. The van der Waals surface area contributed by atoms with Crippen LogP contribution in [0.2, 0.25) is 0 Å². The van der Waals surface area contributed by atoms with Gasteiger partial charge in [0.25, 0.3) is 0 Å². The second kappa shape index (κ2) is 7.05. The van der Waals surface area contributed by atoms with E-state index in [1.807, 2.05) is 41.3 Å². The van der Waals surface area contributed by atoms with E-state index in [1.165, 1.54) is 0 Å². The first kappa shape index (κ1) is 17.8. The van der Waals surface area contributed by atoms with Crippen LogP contribution in [0.4, 0.5) is 10.2 Å². The lowest BCUT2D eigenvalue weighted by Crippen LogP contribution is -2.59. The Morgan fingerprint density at radius 2 is 2.07 bits per heavy atom. The lowest BCUT2D eigenvalue weighted by Gasteiger charge is -2.42. The average Bonchev–Trinajstić information content (AvgIpc) is 3.16. The number of hydrogen-bond acceptors (Lipinski definition) is 6. The van der Waals surface area contributed by atoms with Gasteiger partial charge in [-0.05, 0) is 49.6 Å². The maximum absolute atomic E-state index is 12.9. The van der Waals surface area contributed by atoms with E-state index < -0.39 is 6.17 Å². The van der Waals surface area contributed by atoms with Gasteiger partial charge in [-0.25, -0.2) is 19.0 Å². The summed E-state index contributed by atoms with van der Waals surface area (Å²) >= 11 is 0. The quantitative estimate of drug-likeness (QED) is 0.703. The fourth-order valence-electron chi connectivity index (χ4n) is 4.36. The van der Waals surface area contributed by atoms with Crippen LogP contribution in [-0.4, -0.2) is 51.6 Å². The van der Waals surface area contributed by atoms with Crippen molar-refractivity contribution in [2.45, 2.75) is 31.7 Å². The summed E-state index contributed by atoms with van der Waals surface area (Å²) < 4.78 is 20.5. The summed E-state index contributed by atoms with van der Waals surface area (Å²) in [5.74, 6) is 2.12. The number of nitrogens with one attached hydrogen (secondary N) is 1. The van der Waals surface area contributed by atoms with E-state index in [9.17, 15) is 4.39 Å². The zero-order chi connectivity index (χ0) is 20.1. The molecule has 154 valence electrons. The van der Waals surface area contributed by atoms with Crippen LogP contribution < -0.4 is 15.0 Å².